The maximum atomic E-state index is 12.4. The van der Waals surface area contributed by atoms with E-state index in [9.17, 15) is 9.59 Å². The van der Waals surface area contributed by atoms with E-state index in [1.807, 2.05) is 37.9 Å². The Balaban J connectivity index is 1.73. The minimum absolute atomic E-state index is 0.0326. The number of carbonyl (C=O) groups is 2. The van der Waals surface area contributed by atoms with Crippen LogP contribution in [0.3, 0.4) is 0 Å². The molecule has 3 rings (SSSR count). The molecule has 0 aliphatic carbocycles. The van der Waals surface area contributed by atoms with Gasteiger partial charge in [-0.2, -0.15) is 0 Å². The van der Waals surface area contributed by atoms with Crippen molar-refractivity contribution in [3.63, 3.8) is 0 Å². The molecule has 1 N–H and O–H groups in total. The highest BCUT2D eigenvalue weighted by atomic mass is 16.3. The number of nitrogens with zero attached hydrogens (tertiary/aromatic N) is 2. The Hall–Kier alpha value is -2.89. The van der Waals surface area contributed by atoms with Crippen LogP contribution >= 0.6 is 0 Å². The first-order valence-corrected chi connectivity index (χ1v) is 9.62. The van der Waals surface area contributed by atoms with E-state index < -0.39 is 0 Å². The molecule has 0 spiro atoms. The number of allylic oxidation sites excluding steroid dienone is 1. The number of carbonyl (C=O) groups excluding carboxylic acids is 2. The number of furan rings is 1. The number of amides is 2. The van der Waals surface area contributed by atoms with Crippen molar-refractivity contribution in [1.82, 2.24) is 15.2 Å². The molecule has 0 atom stereocenters. The van der Waals surface area contributed by atoms with Crippen LogP contribution in [0.15, 0.2) is 35.1 Å². The van der Waals surface area contributed by atoms with Crippen molar-refractivity contribution in [2.45, 2.75) is 47.2 Å². The summed E-state index contributed by atoms with van der Waals surface area (Å²) in [6.07, 6.45) is 7.70. The van der Waals surface area contributed by atoms with Gasteiger partial charge in [0.05, 0.1) is 11.8 Å². The van der Waals surface area contributed by atoms with Gasteiger partial charge in [0.2, 0.25) is 5.91 Å². The van der Waals surface area contributed by atoms with Crippen molar-refractivity contribution in [3.05, 3.63) is 64.4 Å². The molecule has 0 unspecified atom stereocenters. The lowest BCUT2D eigenvalue weighted by atomic mass is 9.94. The summed E-state index contributed by atoms with van der Waals surface area (Å²) in [5.74, 6) is 0.824. The summed E-state index contributed by atoms with van der Waals surface area (Å²) in [5, 5.41) is 2.97. The number of hydrogen-bond donors (Lipinski definition) is 1. The van der Waals surface area contributed by atoms with Crippen LogP contribution in [-0.4, -0.2) is 28.2 Å². The topological polar surface area (TPSA) is 75.4 Å². The molecule has 0 aromatic carbocycles. The molecule has 28 heavy (non-hydrogen) atoms. The van der Waals surface area contributed by atoms with Gasteiger partial charge < -0.3 is 14.6 Å². The Labute approximate surface area is 165 Å². The van der Waals surface area contributed by atoms with E-state index in [1.165, 1.54) is 11.8 Å². The lowest BCUT2D eigenvalue weighted by Crippen LogP contribution is -2.36. The molecule has 2 aromatic rings. The van der Waals surface area contributed by atoms with Gasteiger partial charge in [-0.15, -0.1) is 0 Å². The quantitative estimate of drug-likeness (QED) is 0.806. The van der Waals surface area contributed by atoms with E-state index in [-0.39, 0.29) is 11.8 Å². The Morgan fingerprint density at radius 1 is 1.36 bits per heavy atom. The Kier molecular flexibility index (Phi) is 5.97. The number of fused-ring (bicyclic) bond motifs is 1. The van der Waals surface area contributed by atoms with E-state index >= 15 is 0 Å². The average molecular weight is 381 g/mol. The molecule has 6 nitrogen and oxygen atoms in total. The van der Waals surface area contributed by atoms with E-state index in [0.717, 1.165) is 23.2 Å². The summed E-state index contributed by atoms with van der Waals surface area (Å²) < 4.78 is 5.20. The fraction of sp³-hybridized carbons (Fsp3) is 0.409. The highest BCUT2D eigenvalue weighted by molar-refractivity contribution is 5.95. The molecule has 6 heteroatoms. The summed E-state index contributed by atoms with van der Waals surface area (Å²) in [6, 6.07) is 1.67. The summed E-state index contributed by atoms with van der Waals surface area (Å²) in [7, 11) is 0. The average Bonchev–Trinajstić information content (AvgIpc) is 3.10. The third-order valence-electron chi connectivity index (χ3n) is 5.06. The highest BCUT2D eigenvalue weighted by Gasteiger charge is 2.23. The molecule has 1 aliphatic heterocycles. The first kappa shape index (κ1) is 19.9. The van der Waals surface area contributed by atoms with Gasteiger partial charge in [0.15, 0.2) is 0 Å². The van der Waals surface area contributed by atoms with Gasteiger partial charge in [-0.3, -0.25) is 14.6 Å². The van der Waals surface area contributed by atoms with Gasteiger partial charge in [-0.05, 0) is 55.0 Å². The van der Waals surface area contributed by atoms with Crippen molar-refractivity contribution >= 4 is 11.8 Å². The predicted molar refractivity (Wildman–Crippen MR) is 107 cm³/mol. The van der Waals surface area contributed by atoms with Crippen LogP contribution in [0.4, 0.5) is 0 Å². The molecule has 3 heterocycles. The van der Waals surface area contributed by atoms with Crippen LogP contribution in [0.1, 0.15) is 52.3 Å². The molecule has 0 fully saturated rings. The van der Waals surface area contributed by atoms with Gasteiger partial charge >= 0.3 is 0 Å². The number of hydrogen-bond acceptors (Lipinski definition) is 4. The monoisotopic (exact) mass is 381 g/mol. The van der Waals surface area contributed by atoms with Gasteiger partial charge in [-0.1, -0.05) is 19.9 Å². The number of nitrogens with one attached hydrogen (secondary N) is 1. The van der Waals surface area contributed by atoms with Crippen LogP contribution < -0.4 is 5.32 Å². The zero-order chi connectivity index (χ0) is 20.3. The summed E-state index contributed by atoms with van der Waals surface area (Å²) in [5.41, 5.74) is 4.73. The van der Waals surface area contributed by atoms with Crippen molar-refractivity contribution < 1.29 is 14.0 Å². The Morgan fingerprint density at radius 3 is 2.82 bits per heavy atom. The smallest absolute Gasteiger partial charge is 0.255 e. The van der Waals surface area contributed by atoms with Crippen molar-refractivity contribution in [2.75, 3.05) is 6.54 Å². The second kappa shape index (κ2) is 8.42. The minimum atomic E-state index is -0.158. The van der Waals surface area contributed by atoms with E-state index in [4.69, 9.17) is 4.42 Å². The molecule has 0 bridgehead atoms. The normalized spacial score (nSPS) is 13.8. The van der Waals surface area contributed by atoms with Crippen molar-refractivity contribution in [1.29, 1.82) is 0 Å². The third kappa shape index (κ3) is 4.32. The number of pyridine rings is 1. The summed E-state index contributed by atoms with van der Waals surface area (Å²) in [4.78, 5) is 31.1. The van der Waals surface area contributed by atoms with Crippen LogP contribution in [-0.2, 0) is 24.3 Å². The first-order chi connectivity index (χ1) is 13.4. The predicted octanol–water partition coefficient (Wildman–Crippen LogP) is 3.32. The largest absolute Gasteiger partial charge is 0.469 e. The molecular weight excluding hydrogens is 354 g/mol. The van der Waals surface area contributed by atoms with Crippen LogP contribution in [0.5, 0.6) is 0 Å². The van der Waals surface area contributed by atoms with Crippen LogP contribution in [0.2, 0.25) is 0 Å². The van der Waals surface area contributed by atoms with Gasteiger partial charge in [0.25, 0.3) is 5.91 Å². The number of aryl methyl sites for hydroxylation is 2. The molecule has 0 saturated carbocycles. The Bertz CT molecular complexity index is 912. The minimum Gasteiger partial charge on any atom is -0.469 e. The molecule has 2 amide bonds. The third-order valence-corrected chi connectivity index (χ3v) is 5.06. The molecule has 0 radical (unpaired) electrons. The van der Waals surface area contributed by atoms with Gasteiger partial charge in [-0.25, -0.2) is 0 Å². The molecule has 0 saturated heterocycles. The molecule has 1 aliphatic rings. The highest BCUT2D eigenvalue weighted by Crippen LogP contribution is 2.24. The molecular formula is C22H27N3O3. The number of rotatable bonds is 5. The van der Waals surface area contributed by atoms with Crippen LogP contribution in [0.25, 0.3) is 0 Å². The van der Waals surface area contributed by atoms with E-state index in [1.54, 1.807) is 19.1 Å². The summed E-state index contributed by atoms with van der Waals surface area (Å²) in [6.45, 7) is 9.44. The molecule has 2 aromatic heterocycles. The lowest BCUT2D eigenvalue weighted by molar-refractivity contribution is -0.126. The van der Waals surface area contributed by atoms with E-state index in [2.05, 4.69) is 10.3 Å². The fourth-order valence-electron chi connectivity index (χ4n) is 3.41. The first-order valence-electron chi connectivity index (χ1n) is 9.62. The standard InChI is InChI=1S/C22H27N3O3/c1-14(2)5-6-21(26)25-9-7-19-17(13-25)11-23-15(3)20(19)12-24-22(27)18-8-10-28-16(18)4/h5-6,8,10-11,14H,7,9,12-13H2,1-4H3,(H,24,27)/b6-5+. The maximum Gasteiger partial charge on any atom is 0.255 e. The SMILES string of the molecule is Cc1ncc2c(c1CNC(=O)c1ccoc1C)CCN(C(=O)/C=C/C(C)C)C2. The maximum absolute atomic E-state index is 12.4. The lowest BCUT2D eigenvalue weighted by Gasteiger charge is -2.30. The van der Waals surface area contributed by atoms with Gasteiger partial charge in [0, 0.05) is 31.5 Å². The molecule has 148 valence electrons. The Morgan fingerprint density at radius 2 is 2.14 bits per heavy atom. The van der Waals surface area contributed by atoms with Crippen molar-refractivity contribution in [3.8, 4) is 0 Å². The zero-order valence-corrected chi connectivity index (χ0v) is 16.9. The van der Waals surface area contributed by atoms with E-state index in [0.29, 0.717) is 36.9 Å². The number of aromatic nitrogens is 1. The zero-order valence-electron chi connectivity index (χ0n) is 16.9. The van der Waals surface area contributed by atoms with Crippen LogP contribution in [0, 0.1) is 19.8 Å². The van der Waals surface area contributed by atoms with Crippen molar-refractivity contribution in [2.24, 2.45) is 5.92 Å². The second-order valence-corrected chi connectivity index (χ2v) is 7.51. The fourth-order valence-corrected chi connectivity index (χ4v) is 3.41. The summed E-state index contributed by atoms with van der Waals surface area (Å²) >= 11 is 0. The second-order valence-electron chi connectivity index (χ2n) is 7.51. The van der Waals surface area contributed by atoms with Gasteiger partial charge in [0.1, 0.15) is 5.76 Å².